The average Bonchev–Trinajstić information content (AvgIpc) is 2.91. The molecule has 0 aromatic heterocycles. The van der Waals surface area contributed by atoms with Crippen molar-refractivity contribution in [1.82, 2.24) is 5.32 Å². The van der Waals surface area contributed by atoms with Gasteiger partial charge in [-0.3, -0.25) is 4.79 Å². The predicted octanol–water partition coefficient (Wildman–Crippen LogP) is 3.43. The maximum absolute atomic E-state index is 12.4. The number of nitrogens with one attached hydrogen (secondary N) is 1. The van der Waals surface area contributed by atoms with Gasteiger partial charge in [0.05, 0.1) is 0 Å². The summed E-state index contributed by atoms with van der Waals surface area (Å²) in [6.07, 6.45) is 4.98. The van der Waals surface area contributed by atoms with Crippen LogP contribution < -0.4 is 10.2 Å². The van der Waals surface area contributed by atoms with Gasteiger partial charge in [0.25, 0.3) is 0 Å². The van der Waals surface area contributed by atoms with Gasteiger partial charge >= 0.3 is 0 Å². The second kappa shape index (κ2) is 7.48. The number of benzene rings is 1. The van der Waals surface area contributed by atoms with Gasteiger partial charge in [-0.25, -0.2) is 0 Å². The highest BCUT2D eigenvalue weighted by Gasteiger charge is 2.26. The SMILES string of the molecule is Cl.O=C(CCC1CCNCC1)N1CCc2c(Cl)cccc21. The van der Waals surface area contributed by atoms with Gasteiger partial charge < -0.3 is 10.2 Å². The van der Waals surface area contributed by atoms with Crippen molar-refractivity contribution < 1.29 is 4.79 Å². The van der Waals surface area contributed by atoms with Crippen molar-refractivity contribution in [2.24, 2.45) is 5.92 Å². The largest absolute Gasteiger partial charge is 0.317 e. The van der Waals surface area contributed by atoms with Gasteiger partial charge in [0.15, 0.2) is 0 Å². The molecule has 0 unspecified atom stereocenters. The first-order valence-corrected chi connectivity index (χ1v) is 7.92. The van der Waals surface area contributed by atoms with Crippen LogP contribution >= 0.6 is 24.0 Å². The minimum atomic E-state index is 0. The fraction of sp³-hybridized carbons (Fsp3) is 0.562. The number of anilines is 1. The molecule has 0 radical (unpaired) electrons. The summed E-state index contributed by atoms with van der Waals surface area (Å²) >= 11 is 6.19. The van der Waals surface area contributed by atoms with E-state index in [0.29, 0.717) is 12.3 Å². The molecular weight excluding hydrogens is 307 g/mol. The summed E-state index contributed by atoms with van der Waals surface area (Å²) in [4.78, 5) is 14.3. The molecule has 3 rings (SSSR count). The Hall–Kier alpha value is -0.770. The first-order valence-electron chi connectivity index (χ1n) is 7.54. The Kier molecular flexibility index (Phi) is 5.91. The normalized spacial score (nSPS) is 18.2. The maximum Gasteiger partial charge on any atom is 0.227 e. The highest BCUT2D eigenvalue weighted by molar-refractivity contribution is 6.32. The molecule has 0 atom stereocenters. The molecule has 5 heteroatoms. The fourth-order valence-corrected chi connectivity index (χ4v) is 3.55. The number of hydrogen-bond donors (Lipinski definition) is 1. The van der Waals surface area contributed by atoms with Gasteiger partial charge in [0, 0.05) is 23.7 Å². The van der Waals surface area contributed by atoms with E-state index in [1.54, 1.807) is 0 Å². The Morgan fingerprint density at radius 2 is 2.10 bits per heavy atom. The summed E-state index contributed by atoms with van der Waals surface area (Å²) in [6, 6.07) is 5.85. The lowest BCUT2D eigenvalue weighted by atomic mass is 9.93. The summed E-state index contributed by atoms with van der Waals surface area (Å²) in [5, 5.41) is 4.15. The first kappa shape index (κ1) is 16.6. The zero-order valence-electron chi connectivity index (χ0n) is 12.1. The lowest BCUT2D eigenvalue weighted by molar-refractivity contribution is -0.118. The Morgan fingerprint density at radius 3 is 2.86 bits per heavy atom. The average molecular weight is 329 g/mol. The molecule has 1 amide bonds. The number of fused-ring (bicyclic) bond motifs is 1. The van der Waals surface area contributed by atoms with Gasteiger partial charge in [-0.05, 0) is 62.4 Å². The standard InChI is InChI=1S/C16H21ClN2O.ClH/c17-14-2-1-3-15-13(14)8-11-19(15)16(20)5-4-12-6-9-18-10-7-12;/h1-3,12,18H,4-11H2;1H. The van der Waals surface area contributed by atoms with Crippen LogP contribution in [0.15, 0.2) is 18.2 Å². The third-order valence-corrected chi connectivity index (χ3v) is 4.85. The van der Waals surface area contributed by atoms with Gasteiger partial charge in [0.2, 0.25) is 5.91 Å². The van der Waals surface area contributed by atoms with Crippen molar-refractivity contribution in [2.75, 3.05) is 24.5 Å². The van der Waals surface area contributed by atoms with Gasteiger partial charge in [-0.2, -0.15) is 0 Å². The predicted molar refractivity (Wildman–Crippen MR) is 89.6 cm³/mol. The number of piperidine rings is 1. The number of halogens is 2. The molecule has 2 aliphatic rings. The zero-order chi connectivity index (χ0) is 13.9. The van der Waals surface area contributed by atoms with E-state index >= 15 is 0 Å². The molecule has 1 fully saturated rings. The minimum Gasteiger partial charge on any atom is -0.317 e. The fourth-order valence-electron chi connectivity index (χ4n) is 3.28. The zero-order valence-corrected chi connectivity index (χ0v) is 13.7. The Bertz CT molecular complexity index is 501. The van der Waals surface area contributed by atoms with E-state index in [4.69, 9.17) is 11.6 Å². The molecule has 2 heterocycles. The van der Waals surface area contributed by atoms with E-state index in [9.17, 15) is 4.79 Å². The van der Waals surface area contributed by atoms with Crippen LogP contribution in [0.4, 0.5) is 5.69 Å². The molecule has 3 nitrogen and oxygen atoms in total. The molecule has 116 valence electrons. The monoisotopic (exact) mass is 328 g/mol. The number of hydrogen-bond acceptors (Lipinski definition) is 2. The van der Waals surface area contributed by atoms with Crippen LogP contribution in [0.5, 0.6) is 0 Å². The lowest BCUT2D eigenvalue weighted by Gasteiger charge is -2.23. The smallest absolute Gasteiger partial charge is 0.227 e. The van der Waals surface area contributed by atoms with E-state index in [2.05, 4.69) is 5.32 Å². The Morgan fingerprint density at radius 1 is 1.33 bits per heavy atom. The molecule has 0 saturated carbocycles. The highest BCUT2D eigenvalue weighted by atomic mass is 35.5. The minimum absolute atomic E-state index is 0. The third-order valence-electron chi connectivity index (χ3n) is 4.50. The summed E-state index contributed by atoms with van der Waals surface area (Å²) in [6.45, 7) is 2.98. The summed E-state index contributed by atoms with van der Waals surface area (Å²) in [5.41, 5.74) is 2.15. The van der Waals surface area contributed by atoms with E-state index in [1.165, 1.54) is 12.8 Å². The third kappa shape index (κ3) is 3.71. The number of carbonyl (C=O) groups excluding carboxylic acids is 1. The van der Waals surface area contributed by atoms with Crippen LogP contribution in [0.25, 0.3) is 0 Å². The molecular formula is C16H22Cl2N2O. The van der Waals surface area contributed by atoms with Crippen LogP contribution in [0.2, 0.25) is 5.02 Å². The second-order valence-electron chi connectivity index (χ2n) is 5.76. The maximum atomic E-state index is 12.4. The van der Waals surface area contributed by atoms with E-state index in [-0.39, 0.29) is 18.3 Å². The van der Waals surface area contributed by atoms with Crippen LogP contribution in [0.3, 0.4) is 0 Å². The quantitative estimate of drug-likeness (QED) is 0.921. The number of nitrogens with zero attached hydrogens (tertiary/aromatic N) is 1. The molecule has 21 heavy (non-hydrogen) atoms. The van der Waals surface area contributed by atoms with Crippen molar-refractivity contribution in [1.29, 1.82) is 0 Å². The van der Waals surface area contributed by atoms with Crippen LogP contribution in [-0.4, -0.2) is 25.5 Å². The van der Waals surface area contributed by atoms with Crippen LogP contribution in [-0.2, 0) is 11.2 Å². The van der Waals surface area contributed by atoms with Crippen molar-refractivity contribution in [3.63, 3.8) is 0 Å². The van der Waals surface area contributed by atoms with E-state index in [1.807, 2.05) is 23.1 Å². The highest BCUT2D eigenvalue weighted by Crippen LogP contribution is 2.34. The molecule has 1 saturated heterocycles. The summed E-state index contributed by atoms with van der Waals surface area (Å²) in [5.74, 6) is 0.964. The molecule has 1 aromatic rings. The molecule has 1 aromatic carbocycles. The molecule has 2 aliphatic heterocycles. The number of carbonyl (C=O) groups is 1. The van der Waals surface area contributed by atoms with Crippen molar-refractivity contribution in [2.45, 2.75) is 32.1 Å². The topological polar surface area (TPSA) is 32.3 Å². The van der Waals surface area contributed by atoms with E-state index in [0.717, 1.165) is 48.7 Å². The number of amides is 1. The van der Waals surface area contributed by atoms with E-state index < -0.39 is 0 Å². The molecule has 1 N–H and O–H groups in total. The van der Waals surface area contributed by atoms with Crippen molar-refractivity contribution in [3.05, 3.63) is 28.8 Å². The number of rotatable bonds is 3. The lowest BCUT2D eigenvalue weighted by Crippen LogP contribution is -2.31. The van der Waals surface area contributed by atoms with Gasteiger partial charge in [0.1, 0.15) is 0 Å². The molecule has 0 spiro atoms. The van der Waals surface area contributed by atoms with Gasteiger partial charge in [-0.15, -0.1) is 12.4 Å². The summed E-state index contributed by atoms with van der Waals surface area (Å²) < 4.78 is 0. The molecule has 0 aliphatic carbocycles. The van der Waals surface area contributed by atoms with Crippen LogP contribution in [0, 0.1) is 5.92 Å². The second-order valence-corrected chi connectivity index (χ2v) is 6.17. The summed E-state index contributed by atoms with van der Waals surface area (Å²) in [7, 11) is 0. The van der Waals surface area contributed by atoms with Gasteiger partial charge in [-0.1, -0.05) is 17.7 Å². The van der Waals surface area contributed by atoms with Crippen molar-refractivity contribution >= 4 is 35.6 Å². The Labute approximate surface area is 137 Å². The Balaban J connectivity index is 0.00000161. The molecule has 0 bridgehead atoms. The van der Waals surface area contributed by atoms with Crippen molar-refractivity contribution in [3.8, 4) is 0 Å². The van der Waals surface area contributed by atoms with Crippen LogP contribution in [0.1, 0.15) is 31.2 Å². The first-order chi connectivity index (χ1) is 9.75.